The summed E-state index contributed by atoms with van der Waals surface area (Å²) < 4.78 is 3.54. The van der Waals surface area contributed by atoms with E-state index >= 15 is 0 Å². The second kappa shape index (κ2) is 5.69. The minimum atomic E-state index is -0.646. The second-order valence-corrected chi connectivity index (χ2v) is 6.38. The molecule has 4 rings (SSSR count). The first-order valence-corrected chi connectivity index (χ1v) is 8.13. The van der Waals surface area contributed by atoms with Crippen LogP contribution in [0.1, 0.15) is 5.56 Å². The Morgan fingerprint density at radius 1 is 1.11 bits per heavy atom. The van der Waals surface area contributed by atoms with Crippen LogP contribution in [0.15, 0.2) is 38.6 Å². The van der Waals surface area contributed by atoms with E-state index in [-0.39, 0.29) is 28.2 Å². The molecule has 0 bridgehead atoms. The van der Waals surface area contributed by atoms with Gasteiger partial charge in [0, 0.05) is 24.7 Å². The van der Waals surface area contributed by atoms with Crippen molar-refractivity contribution in [2.75, 3.05) is 0 Å². The van der Waals surface area contributed by atoms with Gasteiger partial charge in [-0.2, -0.15) is 10.2 Å². The zero-order chi connectivity index (χ0) is 19.5. The van der Waals surface area contributed by atoms with E-state index in [1.807, 2.05) is 6.07 Å². The van der Waals surface area contributed by atoms with Crippen LogP contribution in [-0.2, 0) is 14.1 Å². The van der Waals surface area contributed by atoms with Gasteiger partial charge in [-0.1, -0.05) is 23.7 Å². The Morgan fingerprint density at radius 3 is 2.41 bits per heavy atom. The Morgan fingerprint density at radius 2 is 1.78 bits per heavy atom. The first-order valence-electron chi connectivity index (χ1n) is 7.75. The number of hydrogen-bond acceptors (Lipinski definition) is 5. The van der Waals surface area contributed by atoms with Crippen LogP contribution in [-0.4, -0.2) is 23.5 Å². The summed E-state index contributed by atoms with van der Waals surface area (Å²) in [5, 5.41) is 10.0. The topological polar surface area (TPSA) is 118 Å². The van der Waals surface area contributed by atoms with Crippen molar-refractivity contribution in [3.05, 3.63) is 66.0 Å². The smallest absolute Gasteiger partial charge is 0.291 e. The number of hydrogen-bond donors (Lipinski definition) is 1. The van der Waals surface area contributed by atoms with Crippen LogP contribution >= 0.6 is 11.6 Å². The summed E-state index contributed by atoms with van der Waals surface area (Å²) in [6, 6.07) is 8.37. The predicted octanol–water partition coefficient (Wildman–Crippen LogP) is 0.765. The minimum Gasteiger partial charge on any atom is -0.291 e. The number of nitrogens with zero attached hydrogens (tertiary/aromatic N) is 5. The van der Waals surface area contributed by atoms with Crippen LogP contribution in [0.2, 0.25) is 5.02 Å². The van der Waals surface area contributed by atoms with Gasteiger partial charge in [-0.05, 0) is 12.1 Å². The molecule has 0 aliphatic heterocycles. The van der Waals surface area contributed by atoms with E-state index in [1.165, 1.54) is 23.1 Å². The maximum absolute atomic E-state index is 12.8. The van der Waals surface area contributed by atoms with Crippen molar-refractivity contribution < 1.29 is 0 Å². The third kappa shape index (κ3) is 2.24. The number of fused-ring (bicyclic) bond motifs is 3. The number of aryl methyl sites for hydroxylation is 1. The molecule has 0 fully saturated rings. The normalized spacial score (nSPS) is 11.2. The maximum atomic E-state index is 12.8. The number of H-pyrrole nitrogens is 1. The molecule has 1 N–H and O–H groups in total. The zero-order valence-corrected chi connectivity index (χ0v) is 14.9. The average Bonchev–Trinajstić information content (AvgIpc) is 3.03. The van der Waals surface area contributed by atoms with Gasteiger partial charge in [-0.3, -0.25) is 28.1 Å². The van der Waals surface area contributed by atoms with Crippen LogP contribution in [0.25, 0.3) is 28.2 Å². The van der Waals surface area contributed by atoms with Crippen molar-refractivity contribution in [3.8, 4) is 17.3 Å². The SMILES string of the molecule is Cn1c(=O)c2c(nc3[nH]c(=O)c(C#N)c(-c4ccc(Cl)cc4)n32)n(C)c1=O. The molecule has 1 aromatic carbocycles. The largest absolute Gasteiger partial charge is 0.332 e. The number of nitrogens with one attached hydrogen (secondary N) is 1. The summed E-state index contributed by atoms with van der Waals surface area (Å²) >= 11 is 5.94. The van der Waals surface area contributed by atoms with Crippen molar-refractivity contribution >= 4 is 28.5 Å². The lowest BCUT2D eigenvalue weighted by molar-refractivity contribution is 0.708. The molecule has 0 atom stereocenters. The van der Waals surface area contributed by atoms with E-state index < -0.39 is 16.8 Å². The lowest BCUT2D eigenvalue weighted by Crippen LogP contribution is -2.37. The van der Waals surface area contributed by atoms with Crippen molar-refractivity contribution in [3.63, 3.8) is 0 Å². The molecule has 9 nitrogen and oxygen atoms in total. The highest BCUT2D eigenvalue weighted by Gasteiger charge is 2.22. The van der Waals surface area contributed by atoms with Gasteiger partial charge < -0.3 is 0 Å². The van der Waals surface area contributed by atoms with E-state index in [4.69, 9.17) is 11.6 Å². The molecule has 4 aromatic rings. The molecule has 3 heterocycles. The molecule has 3 aromatic heterocycles. The van der Waals surface area contributed by atoms with E-state index in [0.29, 0.717) is 10.6 Å². The number of halogens is 1. The van der Waals surface area contributed by atoms with Crippen molar-refractivity contribution in [2.45, 2.75) is 0 Å². The quantitative estimate of drug-likeness (QED) is 0.521. The Bertz CT molecular complexity index is 1460. The monoisotopic (exact) mass is 382 g/mol. The highest BCUT2D eigenvalue weighted by Crippen LogP contribution is 2.26. The van der Waals surface area contributed by atoms with Crippen molar-refractivity contribution in [1.29, 1.82) is 5.26 Å². The van der Waals surface area contributed by atoms with Crippen LogP contribution in [0, 0.1) is 11.3 Å². The average molecular weight is 383 g/mol. The molecule has 0 radical (unpaired) electrons. The lowest BCUT2D eigenvalue weighted by Gasteiger charge is -2.09. The molecule has 134 valence electrons. The van der Waals surface area contributed by atoms with Crippen molar-refractivity contribution in [1.82, 2.24) is 23.5 Å². The summed E-state index contributed by atoms with van der Waals surface area (Å²) in [6.45, 7) is 0. The molecular weight excluding hydrogens is 372 g/mol. The third-order valence-electron chi connectivity index (χ3n) is 4.40. The van der Waals surface area contributed by atoms with Gasteiger partial charge in [-0.15, -0.1) is 0 Å². The molecule has 0 saturated heterocycles. The number of aromatic nitrogens is 5. The van der Waals surface area contributed by atoms with Crippen LogP contribution in [0.5, 0.6) is 0 Å². The molecule has 27 heavy (non-hydrogen) atoms. The van der Waals surface area contributed by atoms with Gasteiger partial charge >= 0.3 is 5.69 Å². The van der Waals surface area contributed by atoms with E-state index in [1.54, 1.807) is 24.3 Å². The lowest BCUT2D eigenvalue weighted by atomic mass is 10.1. The van der Waals surface area contributed by atoms with Crippen LogP contribution in [0.3, 0.4) is 0 Å². The Balaban J connectivity index is 2.37. The fourth-order valence-corrected chi connectivity index (χ4v) is 3.19. The molecule has 0 unspecified atom stereocenters. The Hall–Kier alpha value is -3.64. The predicted molar refractivity (Wildman–Crippen MR) is 99.0 cm³/mol. The van der Waals surface area contributed by atoms with E-state index in [0.717, 1.165) is 4.57 Å². The van der Waals surface area contributed by atoms with Gasteiger partial charge in [0.05, 0.1) is 5.69 Å². The van der Waals surface area contributed by atoms with Gasteiger partial charge in [0.25, 0.3) is 11.1 Å². The molecule has 0 spiro atoms. The number of imidazole rings is 1. The summed E-state index contributed by atoms with van der Waals surface area (Å²) in [4.78, 5) is 44.1. The Kier molecular flexibility index (Phi) is 3.54. The minimum absolute atomic E-state index is 0.0530. The van der Waals surface area contributed by atoms with Gasteiger partial charge in [0.2, 0.25) is 5.78 Å². The number of aromatic amines is 1. The first-order chi connectivity index (χ1) is 12.8. The summed E-state index contributed by atoms with van der Waals surface area (Å²) in [6.07, 6.45) is 0. The summed E-state index contributed by atoms with van der Waals surface area (Å²) in [7, 11) is 2.82. The molecule has 10 heteroatoms. The van der Waals surface area contributed by atoms with Crippen LogP contribution in [0.4, 0.5) is 0 Å². The Labute approximate surface area is 155 Å². The molecule has 0 saturated carbocycles. The fraction of sp³-hybridized carbons (Fsp3) is 0.118. The number of rotatable bonds is 1. The van der Waals surface area contributed by atoms with E-state index in [2.05, 4.69) is 9.97 Å². The van der Waals surface area contributed by atoms with Gasteiger partial charge in [0.15, 0.2) is 11.2 Å². The molecular formula is C17H11ClN6O3. The standard InChI is InChI=1S/C17H11ClN6O3/c1-22-13-12(15(26)23(2)17(22)27)24-11(8-3-5-9(18)6-4-8)10(7-19)14(25)21-16(24)20-13/h3-6H,1-2H3,(H,20,21,25). The highest BCUT2D eigenvalue weighted by molar-refractivity contribution is 6.30. The van der Waals surface area contributed by atoms with E-state index in [9.17, 15) is 19.6 Å². The molecule has 0 aliphatic rings. The third-order valence-corrected chi connectivity index (χ3v) is 4.65. The summed E-state index contributed by atoms with van der Waals surface area (Å²) in [5.74, 6) is 0.0530. The highest BCUT2D eigenvalue weighted by atomic mass is 35.5. The van der Waals surface area contributed by atoms with Crippen molar-refractivity contribution in [2.24, 2.45) is 14.1 Å². The van der Waals surface area contributed by atoms with Gasteiger partial charge in [0.1, 0.15) is 11.6 Å². The second-order valence-electron chi connectivity index (χ2n) is 5.95. The van der Waals surface area contributed by atoms with Crippen LogP contribution < -0.4 is 16.8 Å². The van der Waals surface area contributed by atoms with Gasteiger partial charge in [-0.25, -0.2) is 4.79 Å². The summed E-state index contributed by atoms with van der Waals surface area (Å²) in [5.41, 5.74) is -1.09. The zero-order valence-electron chi connectivity index (χ0n) is 14.1. The first kappa shape index (κ1) is 16.8. The molecule has 0 amide bonds. The molecule has 0 aliphatic carbocycles. The maximum Gasteiger partial charge on any atom is 0.332 e. The number of benzene rings is 1. The number of nitriles is 1. The fourth-order valence-electron chi connectivity index (χ4n) is 3.07.